The second-order valence-electron chi connectivity index (χ2n) is 5.25. The molecule has 6 heteroatoms. The summed E-state index contributed by atoms with van der Waals surface area (Å²) in [5, 5.41) is 9.83. The van der Waals surface area contributed by atoms with Gasteiger partial charge in [0, 0.05) is 19.2 Å². The minimum absolute atomic E-state index is 0.0146. The first-order valence-corrected chi connectivity index (χ1v) is 7.23. The first kappa shape index (κ1) is 14.6. The van der Waals surface area contributed by atoms with Gasteiger partial charge in [0.1, 0.15) is 6.54 Å². The first-order valence-electron chi connectivity index (χ1n) is 7.23. The zero-order chi connectivity index (χ0) is 14.4. The van der Waals surface area contributed by atoms with E-state index in [2.05, 4.69) is 15.7 Å². The van der Waals surface area contributed by atoms with E-state index in [0.29, 0.717) is 5.69 Å². The Morgan fingerprint density at radius 2 is 2.05 bits per heavy atom. The molecule has 1 fully saturated rings. The van der Waals surface area contributed by atoms with Crippen LogP contribution in [0, 0.1) is 0 Å². The molecule has 1 aliphatic rings. The molecule has 2 rings (SSSR count). The van der Waals surface area contributed by atoms with Gasteiger partial charge < -0.3 is 10.6 Å². The van der Waals surface area contributed by atoms with Gasteiger partial charge in [-0.15, -0.1) is 0 Å². The molecule has 1 aromatic heterocycles. The third kappa shape index (κ3) is 4.08. The number of nitrogens with one attached hydrogen (secondary N) is 2. The Morgan fingerprint density at radius 1 is 1.35 bits per heavy atom. The molecule has 1 amide bonds. The Labute approximate surface area is 118 Å². The highest BCUT2D eigenvalue weighted by Gasteiger charge is 2.15. The summed E-state index contributed by atoms with van der Waals surface area (Å²) in [5.74, 6) is -0.135. The number of hydrogen-bond donors (Lipinski definition) is 2. The summed E-state index contributed by atoms with van der Waals surface area (Å²) in [5.41, 5.74) is 0.378. The molecule has 0 atom stereocenters. The van der Waals surface area contributed by atoms with Crippen molar-refractivity contribution < 1.29 is 4.79 Å². The van der Waals surface area contributed by atoms with E-state index in [1.54, 1.807) is 13.2 Å². The van der Waals surface area contributed by atoms with Crippen molar-refractivity contribution >= 4 is 11.6 Å². The van der Waals surface area contributed by atoms with E-state index in [-0.39, 0.29) is 24.1 Å². The Kier molecular flexibility index (Phi) is 5.15. The van der Waals surface area contributed by atoms with Crippen LogP contribution in [0.2, 0.25) is 0 Å². The lowest BCUT2D eigenvalue weighted by atomic mass is 10.1. The first-order chi connectivity index (χ1) is 9.69. The largest absolute Gasteiger partial charge is 0.387 e. The maximum atomic E-state index is 12.0. The molecule has 1 aliphatic carbocycles. The van der Waals surface area contributed by atoms with E-state index in [4.69, 9.17) is 0 Å². The Bertz CT molecular complexity index is 504. The molecule has 0 unspecified atom stereocenters. The van der Waals surface area contributed by atoms with Gasteiger partial charge in [-0.1, -0.05) is 25.7 Å². The highest BCUT2D eigenvalue weighted by atomic mass is 16.2. The van der Waals surface area contributed by atoms with Crippen molar-refractivity contribution in [2.45, 2.75) is 51.1 Å². The predicted octanol–water partition coefficient (Wildman–Crippen LogP) is 1.12. The van der Waals surface area contributed by atoms with Crippen LogP contribution in [0.3, 0.4) is 0 Å². The normalized spacial score (nSPS) is 16.4. The fraction of sp³-hybridized carbons (Fsp3) is 0.643. The molecule has 0 aliphatic heterocycles. The van der Waals surface area contributed by atoms with E-state index in [0.717, 1.165) is 12.8 Å². The summed E-state index contributed by atoms with van der Waals surface area (Å²) >= 11 is 0. The Balaban J connectivity index is 1.92. The van der Waals surface area contributed by atoms with Gasteiger partial charge in [0.05, 0.1) is 11.9 Å². The minimum atomic E-state index is -0.270. The topological polar surface area (TPSA) is 76.0 Å². The fourth-order valence-corrected chi connectivity index (χ4v) is 2.52. The molecule has 6 nitrogen and oxygen atoms in total. The number of aromatic nitrogens is 2. The van der Waals surface area contributed by atoms with Crippen molar-refractivity contribution in [2.24, 2.45) is 0 Å². The monoisotopic (exact) mass is 278 g/mol. The van der Waals surface area contributed by atoms with E-state index in [1.807, 2.05) is 0 Å². The quantitative estimate of drug-likeness (QED) is 0.809. The number of anilines is 1. The predicted molar refractivity (Wildman–Crippen MR) is 77.7 cm³/mol. The number of rotatable bonds is 4. The number of carbonyl (C=O) groups is 1. The highest BCUT2D eigenvalue weighted by Crippen LogP contribution is 2.17. The third-order valence-electron chi connectivity index (χ3n) is 3.67. The van der Waals surface area contributed by atoms with Gasteiger partial charge in [-0.3, -0.25) is 9.59 Å². The zero-order valence-electron chi connectivity index (χ0n) is 11.9. The van der Waals surface area contributed by atoms with Gasteiger partial charge in [0.2, 0.25) is 5.91 Å². The molecule has 2 N–H and O–H groups in total. The van der Waals surface area contributed by atoms with Crippen LogP contribution in [0.4, 0.5) is 5.69 Å². The Morgan fingerprint density at radius 3 is 2.65 bits per heavy atom. The minimum Gasteiger partial charge on any atom is -0.387 e. The van der Waals surface area contributed by atoms with Crippen molar-refractivity contribution in [3.63, 3.8) is 0 Å². The molecule has 0 radical (unpaired) electrons. The summed E-state index contributed by atoms with van der Waals surface area (Å²) in [7, 11) is 1.72. The molecule has 110 valence electrons. The van der Waals surface area contributed by atoms with Crippen LogP contribution in [-0.2, 0) is 11.3 Å². The van der Waals surface area contributed by atoms with Gasteiger partial charge in [0.25, 0.3) is 5.56 Å². The molecule has 0 aromatic carbocycles. The highest BCUT2D eigenvalue weighted by molar-refractivity contribution is 5.75. The van der Waals surface area contributed by atoms with Gasteiger partial charge >= 0.3 is 0 Å². The number of nitrogens with zero attached hydrogens (tertiary/aromatic N) is 2. The number of amides is 1. The number of hydrogen-bond acceptors (Lipinski definition) is 4. The number of carbonyl (C=O) groups excluding carboxylic acids is 1. The lowest BCUT2D eigenvalue weighted by Crippen LogP contribution is -2.39. The maximum absolute atomic E-state index is 12.0. The van der Waals surface area contributed by atoms with Gasteiger partial charge in [-0.2, -0.15) is 5.10 Å². The molecule has 0 bridgehead atoms. The lowest BCUT2D eigenvalue weighted by Gasteiger charge is -2.16. The van der Waals surface area contributed by atoms with E-state index in [1.165, 1.54) is 36.4 Å². The molecule has 20 heavy (non-hydrogen) atoms. The summed E-state index contributed by atoms with van der Waals surface area (Å²) < 4.78 is 1.19. The zero-order valence-corrected chi connectivity index (χ0v) is 11.9. The summed E-state index contributed by atoms with van der Waals surface area (Å²) in [6, 6.07) is 1.68. The van der Waals surface area contributed by atoms with Crippen LogP contribution >= 0.6 is 0 Å². The molecular formula is C14H22N4O2. The van der Waals surface area contributed by atoms with Crippen LogP contribution in [0.15, 0.2) is 17.1 Å². The third-order valence-corrected chi connectivity index (χ3v) is 3.67. The smallest absolute Gasteiger partial charge is 0.269 e. The SMILES string of the molecule is CNc1cnn(CC(=O)NC2CCCCCC2)c(=O)c1. The maximum Gasteiger partial charge on any atom is 0.269 e. The molecule has 1 heterocycles. The average Bonchev–Trinajstić information content (AvgIpc) is 2.69. The Hall–Kier alpha value is -1.85. The van der Waals surface area contributed by atoms with Crippen LogP contribution in [0.5, 0.6) is 0 Å². The average molecular weight is 278 g/mol. The standard InChI is InChI=1S/C14H22N4O2/c1-15-12-8-14(20)18(16-9-12)10-13(19)17-11-6-4-2-3-5-7-11/h8-9,11,15H,2-7,10H2,1H3,(H,17,19). The van der Waals surface area contributed by atoms with E-state index >= 15 is 0 Å². The van der Waals surface area contributed by atoms with Crippen LogP contribution in [0.1, 0.15) is 38.5 Å². The lowest BCUT2D eigenvalue weighted by molar-refractivity contribution is -0.122. The van der Waals surface area contributed by atoms with Gasteiger partial charge in [-0.05, 0) is 12.8 Å². The van der Waals surface area contributed by atoms with E-state index < -0.39 is 0 Å². The van der Waals surface area contributed by atoms with Gasteiger partial charge in [0.15, 0.2) is 0 Å². The summed E-state index contributed by atoms with van der Waals surface area (Å²) in [6.07, 6.45) is 8.44. The molecular weight excluding hydrogens is 256 g/mol. The van der Waals surface area contributed by atoms with E-state index in [9.17, 15) is 9.59 Å². The van der Waals surface area contributed by atoms with Gasteiger partial charge in [-0.25, -0.2) is 4.68 Å². The van der Waals surface area contributed by atoms with Crippen LogP contribution in [-0.4, -0.2) is 28.8 Å². The molecule has 1 saturated carbocycles. The molecule has 1 aromatic rings. The van der Waals surface area contributed by atoms with Crippen molar-refractivity contribution in [1.29, 1.82) is 0 Å². The van der Waals surface area contributed by atoms with Crippen LogP contribution < -0.4 is 16.2 Å². The van der Waals surface area contributed by atoms with Crippen molar-refractivity contribution in [3.8, 4) is 0 Å². The van der Waals surface area contributed by atoms with Crippen molar-refractivity contribution in [2.75, 3.05) is 12.4 Å². The van der Waals surface area contributed by atoms with Crippen LogP contribution in [0.25, 0.3) is 0 Å². The second-order valence-corrected chi connectivity index (χ2v) is 5.25. The summed E-state index contributed by atoms with van der Waals surface area (Å²) in [6.45, 7) is -0.0146. The molecule has 0 spiro atoms. The van der Waals surface area contributed by atoms with Crippen molar-refractivity contribution in [1.82, 2.24) is 15.1 Å². The molecule has 0 saturated heterocycles. The fourth-order valence-electron chi connectivity index (χ4n) is 2.52. The van der Waals surface area contributed by atoms with Crippen molar-refractivity contribution in [3.05, 3.63) is 22.6 Å². The summed E-state index contributed by atoms with van der Waals surface area (Å²) in [4.78, 5) is 23.7. The second kappa shape index (κ2) is 7.07.